The molecule has 1 unspecified atom stereocenters. The minimum absolute atomic E-state index is 0.119. The number of amides is 1. The molecule has 0 bridgehead atoms. The standard InChI is InChI=1S/C11H20ClNO2/c1-11(6-4-8-15-9-11)13-10(14)5-2-3-7-12/h2-9H2,1H3,(H,13,14). The highest BCUT2D eigenvalue weighted by Gasteiger charge is 2.28. The zero-order chi connectivity index (χ0) is 11.1. The molecule has 1 heterocycles. The van der Waals surface area contributed by atoms with Crippen molar-refractivity contribution in [2.24, 2.45) is 0 Å². The van der Waals surface area contributed by atoms with Gasteiger partial charge in [-0.1, -0.05) is 0 Å². The van der Waals surface area contributed by atoms with Gasteiger partial charge in [-0.3, -0.25) is 4.79 Å². The smallest absolute Gasteiger partial charge is 0.220 e. The van der Waals surface area contributed by atoms with Gasteiger partial charge in [-0.15, -0.1) is 11.6 Å². The lowest BCUT2D eigenvalue weighted by molar-refractivity contribution is -0.124. The average Bonchev–Trinajstić information content (AvgIpc) is 2.18. The monoisotopic (exact) mass is 233 g/mol. The summed E-state index contributed by atoms with van der Waals surface area (Å²) in [4.78, 5) is 11.6. The lowest BCUT2D eigenvalue weighted by atomic mass is 9.94. The molecule has 0 aromatic carbocycles. The molecule has 0 aliphatic carbocycles. The zero-order valence-electron chi connectivity index (χ0n) is 9.35. The van der Waals surface area contributed by atoms with Gasteiger partial charge in [0.15, 0.2) is 0 Å². The minimum atomic E-state index is -0.156. The first kappa shape index (κ1) is 12.8. The summed E-state index contributed by atoms with van der Waals surface area (Å²) in [5.41, 5.74) is -0.156. The Morgan fingerprint density at radius 2 is 2.33 bits per heavy atom. The summed E-state index contributed by atoms with van der Waals surface area (Å²) in [5, 5.41) is 3.05. The van der Waals surface area contributed by atoms with Crippen LogP contribution in [0.2, 0.25) is 0 Å². The van der Waals surface area contributed by atoms with Crippen LogP contribution in [0, 0.1) is 0 Å². The van der Waals surface area contributed by atoms with Crippen LogP contribution in [0.4, 0.5) is 0 Å². The summed E-state index contributed by atoms with van der Waals surface area (Å²) in [6.45, 7) is 3.50. The second kappa shape index (κ2) is 6.33. The Morgan fingerprint density at radius 1 is 1.53 bits per heavy atom. The molecule has 0 saturated carbocycles. The van der Waals surface area contributed by atoms with Crippen molar-refractivity contribution < 1.29 is 9.53 Å². The summed E-state index contributed by atoms with van der Waals surface area (Å²) in [6, 6.07) is 0. The molecule has 0 aromatic heterocycles. The van der Waals surface area contributed by atoms with Crippen LogP contribution in [0.5, 0.6) is 0 Å². The SMILES string of the molecule is CC1(NC(=O)CCCCCl)CCCOC1. The number of carbonyl (C=O) groups excluding carboxylic acids is 1. The molecule has 3 nitrogen and oxygen atoms in total. The number of rotatable bonds is 5. The molecule has 0 aromatic rings. The van der Waals surface area contributed by atoms with E-state index in [9.17, 15) is 4.79 Å². The second-order valence-electron chi connectivity index (χ2n) is 4.41. The van der Waals surface area contributed by atoms with Crippen LogP contribution in [0.25, 0.3) is 0 Å². The predicted octanol–water partition coefficient (Wildman–Crippen LogP) is 2.08. The summed E-state index contributed by atoms with van der Waals surface area (Å²) in [5.74, 6) is 0.751. The second-order valence-corrected chi connectivity index (χ2v) is 4.79. The van der Waals surface area contributed by atoms with Gasteiger partial charge < -0.3 is 10.1 Å². The summed E-state index contributed by atoms with van der Waals surface area (Å²) in [7, 11) is 0. The quantitative estimate of drug-likeness (QED) is 0.583. The highest BCUT2D eigenvalue weighted by molar-refractivity contribution is 6.17. The van der Waals surface area contributed by atoms with E-state index in [1.807, 2.05) is 6.92 Å². The van der Waals surface area contributed by atoms with E-state index in [0.29, 0.717) is 18.9 Å². The van der Waals surface area contributed by atoms with Crippen molar-refractivity contribution in [3.05, 3.63) is 0 Å². The summed E-state index contributed by atoms with van der Waals surface area (Å²) < 4.78 is 5.38. The maximum absolute atomic E-state index is 11.6. The van der Waals surface area contributed by atoms with Crippen LogP contribution in [0.3, 0.4) is 0 Å². The summed E-state index contributed by atoms with van der Waals surface area (Å²) >= 11 is 5.55. The molecule has 15 heavy (non-hydrogen) atoms. The number of nitrogens with one attached hydrogen (secondary N) is 1. The first-order valence-corrected chi connectivity index (χ1v) is 6.14. The fourth-order valence-electron chi connectivity index (χ4n) is 1.81. The molecular weight excluding hydrogens is 214 g/mol. The number of unbranched alkanes of at least 4 members (excludes halogenated alkanes) is 1. The molecule has 1 amide bonds. The third kappa shape index (κ3) is 4.85. The third-order valence-electron chi connectivity index (χ3n) is 2.67. The normalized spacial score (nSPS) is 26.3. The van der Waals surface area contributed by atoms with Crippen molar-refractivity contribution in [1.82, 2.24) is 5.32 Å². The van der Waals surface area contributed by atoms with Gasteiger partial charge in [0.2, 0.25) is 5.91 Å². The van der Waals surface area contributed by atoms with Crippen LogP contribution in [0.15, 0.2) is 0 Å². The lowest BCUT2D eigenvalue weighted by Crippen LogP contribution is -2.51. The molecule has 1 aliphatic heterocycles. The predicted molar refractivity (Wildman–Crippen MR) is 61.2 cm³/mol. The van der Waals surface area contributed by atoms with Crippen LogP contribution in [-0.4, -0.2) is 30.5 Å². The molecular formula is C11H20ClNO2. The maximum Gasteiger partial charge on any atom is 0.220 e. The van der Waals surface area contributed by atoms with Crippen LogP contribution in [-0.2, 0) is 9.53 Å². The highest BCUT2D eigenvalue weighted by Crippen LogP contribution is 2.18. The largest absolute Gasteiger partial charge is 0.379 e. The summed E-state index contributed by atoms with van der Waals surface area (Å²) in [6.07, 6.45) is 4.38. The number of halogens is 1. The maximum atomic E-state index is 11.6. The van der Waals surface area contributed by atoms with Gasteiger partial charge in [0.05, 0.1) is 12.1 Å². The van der Waals surface area contributed by atoms with Crippen molar-refractivity contribution in [3.63, 3.8) is 0 Å². The molecule has 1 aliphatic rings. The first-order valence-electron chi connectivity index (χ1n) is 5.61. The molecule has 0 spiro atoms. The number of hydrogen-bond acceptors (Lipinski definition) is 2. The van der Waals surface area contributed by atoms with E-state index in [4.69, 9.17) is 16.3 Å². The van der Waals surface area contributed by atoms with Crippen molar-refractivity contribution >= 4 is 17.5 Å². The molecule has 88 valence electrons. The number of carbonyl (C=O) groups is 1. The van der Waals surface area contributed by atoms with Crippen molar-refractivity contribution in [1.29, 1.82) is 0 Å². The number of ether oxygens (including phenoxy) is 1. The van der Waals surface area contributed by atoms with Crippen molar-refractivity contribution in [2.75, 3.05) is 19.1 Å². The van der Waals surface area contributed by atoms with Gasteiger partial charge in [0.1, 0.15) is 0 Å². The molecule has 1 saturated heterocycles. The average molecular weight is 234 g/mol. The molecule has 4 heteroatoms. The Labute approximate surface area is 96.5 Å². The van der Waals surface area contributed by atoms with Gasteiger partial charge >= 0.3 is 0 Å². The lowest BCUT2D eigenvalue weighted by Gasteiger charge is -2.34. The van der Waals surface area contributed by atoms with E-state index >= 15 is 0 Å². The topological polar surface area (TPSA) is 38.3 Å². The van der Waals surface area contributed by atoms with E-state index in [-0.39, 0.29) is 11.4 Å². The van der Waals surface area contributed by atoms with Crippen LogP contribution < -0.4 is 5.32 Å². The van der Waals surface area contributed by atoms with E-state index in [2.05, 4.69) is 5.32 Å². The Bertz CT molecular complexity index is 203. The first-order chi connectivity index (χ1) is 7.16. The zero-order valence-corrected chi connectivity index (χ0v) is 10.1. The van der Waals surface area contributed by atoms with E-state index in [1.165, 1.54) is 0 Å². The highest BCUT2D eigenvalue weighted by atomic mass is 35.5. The molecule has 0 radical (unpaired) electrons. The number of hydrogen-bond donors (Lipinski definition) is 1. The number of alkyl halides is 1. The van der Waals surface area contributed by atoms with Crippen LogP contribution >= 0.6 is 11.6 Å². The van der Waals surface area contributed by atoms with Gasteiger partial charge in [-0.2, -0.15) is 0 Å². The van der Waals surface area contributed by atoms with Gasteiger partial charge in [0.25, 0.3) is 0 Å². The van der Waals surface area contributed by atoms with Gasteiger partial charge in [-0.25, -0.2) is 0 Å². The third-order valence-corrected chi connectivity index (χ3v) is 2.93. The van der Waals surface area contributed by atoms with Crippen LogP contribution in [0.1, 0.15) is 39.0 Å². The fourth-order valence-corrected chi connectivity index (χ4v) is 2.00. The van der Waals surface area contributed by atoms with Crippen molar-refractivity contribution in [3.8, 4) is 0 Å². The minimum Gasteiger partial charge on any atom is -0.379 e. The molecule has 1 fully saturated rings. The van der Waals surface area contributed by atoms with Gasteiger partial charge in [-0.05, 0) is 32.6 Å². The van der Waals surface area contributed by atoms with Crippen molar-refractivity contribution in [2.45, 2.75) is 44.6 Å². The Kier molecular flexibility index (Phi) is 5.40. The van der Waals surface area contributed by atoms with E-state index in [0.717, 1.165) is 32.3 Å². The fraction of sp³-hybridized carbons (Fsp3) is 0.909. The molecule has 1 atom stereocenters. The molecule has 1 N–H and O–H groups in total. The Balaban J connectivity index is 2.23. The van der Waals surface area contributed by atoms with E-state index < -0.39 is 0 Å². The Morgan fingerprint density at radius 3 is 2.93 bits per heavy atom. The molecule has 1 rings (SSSR count). The van der Waals surface area contributed by atoms with Gasteiger partial charge in [0, 0.05) is 18.9 Å². The van der Waals surface area contributed by atoms with E-state index in [1.54, 1.807) is 0 Å². The Hall–Kier alpha value is -0.280.